The van der Waals surface area contributed by atoms with Crippen LogP contribution >= 0.6 is 0 Å². The molecule has 6 heteroatoms. The lowest BCUT2D eigenvalue weighted by molar-refractivity contribution is -0.134. The van der Waals surface area contributed by atoms with Crippen molar-refractivity contribution in [1.29, 1.82) is 0 Å². The molecule has 1 saturated carbocycles. The van der Waals surface area contributed by atoms with Gasteiger partial charge in [0.15, 0.2) is 0 Å². The Labute approximate surface area is 131 Å². The van der Waals surface area contributed by atoms with Gasteiger partial charge in [-0.05, 0) is 33.1 Å². The summed E-state index contributed by atoms with van der Waals surface area (Å²) >= 11 is 0. The van der Waals surface area contributed by atoms with E-state index in [9.17, 15) is 4.79 Å². The number of ether oxygens (including phenoxy) is 2. The highest BCUT2D eigenvalue weighted by Crippen LogP contribution is 2.33. The van der Waals surface area contributed by atoms with Crippen LogP contribution in [0.1, 0.15) is 43.5 Å². The van der Waals surface area contributed by atoms with Gasteiger partial charge in [0.05, 0.1) is 18.3 Å². The molecular formula is C16H25N3O3. The molecule has 122 valence electrons. The molecule has 1 aliphatic carbocycles. The maximum Gasteiger partial charge on any atom is 0.223 e. The number of hydrogen-bond acceptors (Lipinski definition) is 4. The van der Waals surface area contributed by atoms with E-state index in [1.807, 2.05) is 31.8 Å². The molecule has 0 spiro atoms. The third-order valence-corrected chi connectivity index (χ3v) is 4.87. The molecule has 0 bridgehead atoms. The van der Waals surface area contributed by atoms with Crippen LogP contribution in [0.15, 0.2) is 6.20 Å². The number of aromatic nitrogens is 2. The summed E-state index contributed by atoms with van der Waals surface area (Å²) in [5, 5.41) is 7.45. The Morgan fingerprint density at radius 3 is 2.95 bits per heavy atom. The summed E-state index contributed by atoms with van der Waals surface area (Å²) in [6.45, 7) is 5.42. The number of amides is 1. The molecule has 6 nitrogen and oxygen atoms in total. The zero-order valence-corrected chi connectivity index (χ0v) is 13.5. The van der Waals surface area contributed by atoms with E-state index < -0.39 is 0 Å². The molecule has 2 atom stereocenters. The Hall–Kier alpha value is -1.40. The summed E-state index contributed by atoms with van der Waals surface area (Å²) in [6, 6.07) is 0.0431. The zero-order chi connectivity index (χ0) is 15.7. The number of hydrogen-bond donors (Lipinski definition) is 1. The molecule has 1 aromatic rings. The molecule has 0 radical (unpaired) electrons. The van der Waals surface area contributed by atoms with Crippen LogP contribution in [0.2, 0.25) is 0 Å². The van der Waals surface area contributed by atoms with E-state index in [1.54, 1.807) is 0 Å². The largest absolute Gasteiger partial charge is 0.378 e. The fraction of sp³-hybridized carbons (Fsp3) is 0.750. The van der Waals surface area contributed by atoms with Crippen LogP contribution in [0, 0.1) is 12.8 Å². The Bertz CT molecular complexity index is 537. The Kier molecular flexibility index (Phi) is 4.49. The number of rotatable bonds is 5. The van der Waals surface area contributed by atoms with Crippen molar-refractivity contribution in [3.8, 4) is 0 Å². The first kappa shape index (κ1) is 15.5. The lowest BCUT2D eigenvalue weighted by atomic mass is 9.81. The second-order valence-electron chi connectivity index (χ2n) is 6.25. The molecule has 2 heterocycles. The molecule has 1 amide bonds. The predicted octanol–water partition coefficient (Wildman–Crippen LogP) is 1.49. The van der Waals surface area contributed by atoms with Crippen molar-refractivity contribution in [2.75, 3.05) is 13.2 Å². The SMILES string of the molecule is CCOC1CC(C(=O)N[C@H]2CCO[C@@H]2c2cnn(C)c2C)C1. The predicted molar refractivity (Wildman–Crippen MR) is 81.3 cm³/mol. The number of nitrogens with zero attached hydrogens (tertiary/aromatic N) is 2. The van der Waals surface area contributed by atoms with Gasteiger partial charge < -0.3 is 14.8 Å². The van der Waals surface area contributed by atoms with Crippen molar-refractivity contribution in [3.05, 3.63) is 17.5 Å². The van der Waals surface area contributed by atoms with Gasteiger partial charge in [0.1, 0.15) is 6.10 Å². The average Bonchev–Trinajstić information content (AvgIpc) is 3.01. The van der Waals surface area contributed by atoms with Crippen molar-refractivity contribution in [2.24, 2.45) is 13.0 Å². The van der Waals surface area contributed by atoms with Gasteiger partial charge in [-0.15, -0.1) is 0 Å². The maximum absolute atomic E-state index is 12.4. The first-order chi connectivity index (χ1) is 10.6. The molecule has 1 aliphatic heterocycles. The van der Waals surface area contributed by atoms with Crippen LogP contribution in [-0.2, 0) is 21.3 Å². The highest BCUT2D eigenvalue weighted by atomic mass is 16.5. The maximum atomic E-state index is 12.4. The van der Waals surface area contributed by atoms with Crippen LogP contribution in [0.3, 0.4) is 0 Å². The summed E-state index contributed by atoms with van der Waals surface area (Å²) in [5.74, 6) is 0.228. The summed E-state index contributed by atoms with van der Waals surface area (Å²) in [4.78, 5) is 12.4. The number of carbonyl (C=O) groups is 1. The van der Waals surface area contributed by atoms with Gasteiger partial charge >= 0.3 is 0 Å². The zero-order valence-electron chi connectivity index (χ0n) is 13.5. The Morgan fingerprint density at radius 1 is 1.55 bits per heavy atom. The van der Waals surface area contributed by atoms with E-state index in [2.05, 4.69) is 10.4 Å². The van der Waals surface area contributed by atoms with E-state index in [0.717, 1.165) is 37.1 Å². The van der Waals surface area contributed by atoms with Crippen LogP contribution in [0.5, 0.6) is 0 Å². The van der Waals surface area contributed by atoms with Crippen LogP contribution in [-0.4, -0.2) is 41.0 Å². The molecular weight excluding hydrogens is 282 g/mol. The monoisotopic (exact) mass is 307 g/mol. The van der Waals surface area contributed by atoms with Gasteiger partial charge in [0.25, 0.3) is 0 Å². The van der Waals surface area contributed by atoms with Gasteiger partial charge in [-0.1, -0.05) is 0 Å². The van der Waals surface area contributed by atoms with Crippen molar-refractivity contribution in [3.63, 3.8) is 0 Å². The molecule has 0 aromatic carbocycles. The van der Waals surface area contributed by atoms with E-state index >= 15 is 0 Å². The van der Waals surface area contributed by atoms with E-state index in [-0.39, 0.29) is 30.1 Å². The van der Waals surface area contributed by atoms with E-state index in [1.165, 1.54) is 0 Å². The van der Waals surface area contributed by atoms with Crippen molar-refractivity contribution in [2.45, 2.75) is 51.4 Å². The third kappa shape index (κ3) is 2.90. The minimum absolute atomic E-state index is 0.0431. The van der Waals surface area contributed by atoms with Gasteiger partial charge in [0, 0.05) is 37.4 Å². The summed E-state index contributed by atoms with van der Waals surface area (Å²) in [7, 11) is 1.92. The van der Waals surface area contributed by atoms with Crippen molar-refractivity contribution < 1.29 is 14.3 Å². The smallest absolute Gasteiger partial charge is 0.223 e. The summed E-state index contributed by atoms with van der Waals surface area (Å²) in [6.07, 6.45) is 4.55. The average molecular weight is 307 g/mol. The van der Waals surface area contributed by atoms with Crippen molar-refractivity contribution in [1.82, 2.24) is 15.1 Å². The molecule has 2 fully saturated rings. The molecule has 22 heavy (non-hydrogen) atoms. The Morgan fingerprint density at radius 2 is 2.32 bits per heavy atom. The third-order valence-electron chi connectivity index (χ3n) is 4.87. The topological polar surface area (TPSA) is 65.4 Å². The van der Waals surface area contributed by atoms with E-state index in [4.69, 9.17) is 9.47 Å². The van der Waals surface area contributed by atoms with Gasteiger partial charge in [-0.25, -0.2) is 0 Å². The fourth-order valence-corrected chi connectivity index (χ4v) is 3.29. The normalized spacial score (nSPS) is 31.0. The van der Waals surface area contributed by atoms with Gasteiger partial charge in [0.2, 0.25) is 5.91 Å². The molecule has 1 N–H and O–H groups in total. The van der Waals surface area contributed by atoms with Gasteiger partial charge in [-0.3, -0.25) is 9.48 Å². The lowest BCUT2D eigenvalue weighted by Crippen LogP contribution is -2.46. The first-order valence-corrected chi connectivity index (χ1v) is 8.12. The fourth-order valence-electron chi connectivity index (χ4n) is 3.29. The highest BCUT2D eigenvalue weighted by Gasteiger charge is 2.39. The lowest BCUT2D eigenvalue weighted by Gasteiger charge is -2.34. The minimum Gasteiger partial charge on any atom is -0.378 e. The van der Waals surface area contributed by atoms with E-state index in [0.29, 0.717) is 6.61 Å². The van der Waals surface area contributed by atoms with Crippen molar-refractivity contribution >= 4 is 5.91 Å². The molecule has 3 rings (SSSR count). The summed E-state index contributed by atoms with van der Waals surface area (Å²) < 4.78 is 13.2. The molecule has 1 saturated heterocycles. The Balaban J connectivity index is 1.58. The first-order valence-electron chi connectivity index (χ1n) is 8.12. The number of carbonyl (C=O) groups excluding carboxylic acids is 1. The standard InChI is InChI=1S/C16H25N3O3/c1-4-21-12-7-11(8-12)16(20)18-14-5-6-22-15(14)13-9-17-19(3)10(13)2/h9,11-12,14-15H,4-8H2,1-3H3,(H,18,20)/t11?,12?,14-,15+/m0/s1. The van der Waals surface area contributed by atoms with Crippen LogP contribution < -0.4 is 5.32 Å². The second-order valence-corrected chi connectivity index (χ2v) is 6.25. The molecule has 1 aromatic heterocycles. The quantitative estimate of drug-likeness (QED) is 0.895. The second kappa shape index (κ2) is 6.38. The summed E-state index contributed by atoms with van der Waals surface area (Å²) in [5.41, 5.74) is 2.16. The van der Waals surface area contributed by atoms with Crippen LogP contribution in [0.4, 0.5) is 0 Å². The molecule has 0 unspecified atom stereocenters. The molecule has 2 aliphatic rings. The number of nitrogens with one attached hydrogen (secondary N) is 1. The highest BCUT2D eigenvalue weighted by molar-refractivity contribution is 5.80. The van der Waals surface area contributed by atoms with Gasteiger partial charge in [-0.2, -0.15) is 5.10 Å². The van der Waals surface area contributed by atoms with Crippen LogP contribution in [0.25, 0.3) is 0 Å². The minimum atomic E-state index is -0.0829. The number of aryl methyl sites for hydroxylation is 1.